The van der Waals surface area contributed by atoms with Crippen LogP contribution in [0.1, 0.15) is 28.4 Å². The molecule has 3 aromatic rings. The minimum absolute atomic E-state index is 0.0225. The van der Waals surface area contributed by atoms with E-state index in [4.69, 9.17) is 9.15 Å². The zero-order valence-corrected chi connectivity index (χ0v) is 16.2. The van der Waals surface area contributed by atoms with Crippen molar-refractivity contribution >= 4 is 28.5 Å². The number of fused-ring (bicyclic) bond motifs is 2. The Balaban J connectivity index is 1.62. The summed E-state index contributed by atoms with van der Waals surface area (Å²) in [5.74, 6) is -0.104. The second-order valence-corrected chi connectivity index (χ2v) is 6.95. The predicted molar refractivity (Wildman–Crippen MR) is 108 cm³/mol. The normalized spacial score (nSPS) is 13.1. The van der Waals surface area contributed by atoms with E-state index in [1.54, 1.807) is 36.1 Å². The van der Waals surface area contributed by atoms with Gasteiger partial charge in [-0.2, -0.15) is 0 Å². The number of hydrogen-bond donors (Lipinski definition) is 1. The molecule has 0 fully saturated rings. The first-order chi connectivity index (χ1) is 14.0. The molecule has 0 atom stereocenters. The highest BCUT2D eigenvalue weighted by Gasteiger charge is 2.20. The van der Waals surface area contributed by atoms with Crippen LogP contribution in [0.4, 0.5) is 5.69 Å². The lowest BCUT2D eigenvalue weighted by Crippen LogP contribution is -2.34. The third-order valence-corrected chi connectivity index (χ3v) is 5.11. The monoisotopic (exact) mass is 392 g/mol. The standard InChI is InChI=1S/C22H20N2O5/c1-13(25)24-9-8-14-6-7-17(10-16(14)12-24)23-21(26)18-11-15-4-3-5-19(28-2)20(15)29-22(18)27/h3-7,10-11H,8-9,12H2,1-2H3,(H,23,26). The van der Waals surface area contributed by atoms with Crippen molar-refractivity contribution in [1.29, 1.82) is 0 Å². The predicted octanol–water partition coefficient (Wildman–Crippen LogP) is 2.96. The van der Waals surface area contributed by atoms with Gasteiger partial charge in [0.25, 0.3) is 5.91 Å². The van der Waals surface area contributed by atoms with Gasteiger partial charge in [-0.3, -0.25) is 9.59 Å². The quantitative estimate of drug-likeness (QED) is 0.693. The molecule has 7 nitrogen and oxygen atoms in total. The first-order valence-corrected chi connectivity index (χ1v) is 9.26. The minimum Gasteiger partial charge on any atom is -0.493 e. The second kappa shape index (κ2) is 7.43. The number of amides is 2. The highest BCUT2D eigenvalue weighted by molar-refractivity contribution is 6.05. The van der Waals surface area contributed by atoms with Crippen LogP contribution >= 0.6 is 0 Å². The number of rotatable bonds is 3. The molecule has 1 aliphatic rings. The van der Waals surface area contributed by atoms with E-state index in [0.29, 0.717) is 35.5 Å². The molecule has 0 saturated carbocycles. The van der Waals surface area contributed by atoms with E-state index >= 15 is 0 Å². The van der Waals surface area contributed by atoms with Crippen molar-refractivity contribution in [2.75, 3.05) is 19.0 Å². The molecule has 0 spiro atoms. The zero-order chi connectivity index (χ0) is 20.5. The summed E-state index contributed by atoms with van der Waals surface area (Å²) in [6.45, 7) is 2.74. The van der Waals surface area contributed by atoms with Gasteiger partial charge in [0, 0.05) is 31.1 Å². The molecule has 0 saturated heterocycles. The van der Waals surface area contributed by atoms with Gasteiger partial charge < -0.3 is 19.4 Å². The van der Waals surface area contributed by atoms with Gasteiger partial charge >= 0.3 is 5.63 Å². The molecule has 0 bridgehead atoms. The molecule has 0 radical (unpaired) electrons. The number of nitrogens with one attached hydrogen (secondary N) is 1. The SMILES string of the molecule is COc1cccc2cc(C(=O)Nc3ccc4c(c3)CN(C(C)=O)CC4)c(=O)oc12. The van der Waals surface area contributed by atoms with Crippen LogP contribution in [0.15, 0.2) is 51.7 Å². The van der Waals surface area contributed by atoms with E-state index in [2.05, 4.69) is 5.32 Å². The van der Waals surface area contributed by atoms with E-state index in [0.717, 1.165) is 17.5 Å². The lowest BCUT2D eigenvalue weighted by molar-refractivity contribution is -0.129. The lowest BCUT2D eigenvalue weighted by atomic mass is 9.99. The smallest absolute Gasteiger partial charge is 0.349 e. The topological polar surface area (TPSA) is 88.9 Å². The summed E-state index contributed by atoms with van der Waals surface area (Å²) in [6.07, 6.45) is 0.777. The van der Waals surface area contributed by atoms with Crippen molar-refractivity contribution in [3.63, 3.8) is 0 Å². The van der Waals surface area contributed by atoms with Gasteiger partial charge in [-0.25, -0.2) is 4.79 Å². The number of para-hydroxylation sites is 1. The van der Waals surface area contributed by atoms with Gasteiger partial charge in [0.05, 0.1) is 7.11 Å². The Morgan fingerprint density at radius 3 is 2.72 bits per heavy atom. The second-order valence-electron chi connectivity index (χ2n) is 6.95. The molecule has 0 aliphatic carbocycles. The first-order valence-electron chi connectivity index (χ1n) is 9.26. The zero-order valence-electron chi connectivity index (χ0n) is 16.2. The summed E-state index contributed by atoms with van der Waals surface area (Å²) >= 11 is 0. The third-order valence-electron chi connectivity index (χ3n) is 5.11. The van der Waals surface area contributed by atoms with Crippen molar-refractivity contribution in [1.82, 2.24) is 4.90 Å². The molecular formula is C22H20N2O5. The van der Waals surface area contributed by atoms with E-state index in [-0.39, 0.29) is 11.5 Å². The molecule has 29 heavy (non-hydrogen) atoms. The van der Waals surface area contributed by atoms with Gasteiger partial charge in [0.15, 0.2) is 11.3 Å². The van der Waals surface area contributed by atoms with Crippen LogP contribution in [0.5, 0.6) is 5.75 Å². The molecule has 1 aromatic heterocycles. The fraction of sp³-hybridized carbons (Fsp3) is 0.227. The molecule has 1 aliphatic heterocycles. The van der Waals surface area contributed by atoms with Crippen LogP contribution in [0.2, 0.25) is 0 Å². The average Bonchev–Trinajstić information content (AvgIpc) is 2.72. The molecule has 1 N–H and O–H groups in total. The number of carbonyl (C=O) groups excluding carboxylic acids is 2. The Labute approximate surface area is 166 Å². The molecular weight excluding hydrogens is 372 g/mol. The highest BCUT2D eigenvalue weighted by atomic mass is 16.5. The van der Waals surface area contributed by atoms with Gasteiger partial charge in [-0.05, 0) is 41.8 Å². The van der Waals surface area contributed by atoms with Gasteiger partial charge in [0.2, 0.25) is 5.91 Å². The first kappa shape index (κ1) is 18.7. The van der Waals surface area contributed by atoms with E-state index < -0.39 is 11.5 Å². The molecule has 2 amide bonds. The van der Waals surface area contributed by atoms with E-state index in [1.807, 2.05) is 12.1 Å². The highest BCUT2D eigenvalue weighted by Crippen LogP contribution is 2.26. The van der Waals surface area contributed by atoms with Crippen LogP contribution < -0.4 is 15.7 Å². The number of benzene rings is 2. The summed E-state index contributed by atoms with van der Waals surface area (Å²) in [7, 11) is 1.48. The van der Waals surface area contributed by atoms with Crippen LogP contribution in [0.3, 0.4) is 0 Å². The number of methoxy groups -OCH3 is 1. The minimum atomic E-state index is -0.736. The average molecular weight is 392 g/mol. The maximum atomic E-state index is 12.7. The van der Waals surface area contributed by atoms with Gasteiger partial charge in [-0.1, -0.05) is 18.2 Å². The summed E-state index contributed by atoms with van der Waals surface area (Å²) in [4.78, 5) is 38.5. The fourth-order valence-corrected chi connectivity index (χ4v) is 3.54. The summed E-state index contributed by atoms with van der Waals surface area (Å²) < 4.78 is 10.5. The maximum absolute atomic E-state index is 12.7. The van der Waals surface area contributed by atoms with Crippen LogP contribution in [-0.4, -0.2) is 30.4 Å². The maximum Gasteiger partial charge on any atom is 0.349 e. The van der Waals surface area contributed by atoms with Gasteiger partial charge in [0.1, 0.15) is 5.56 Å². The number of ether oxygens (including phenoxy) is 1. The lowest BCUT2D eigenvalue weighted by Gasteiger charge is -2.28. The molecule has 7 heteroatoms. The summed E-state index contributed by atoms with van der Waals surface area (Å²) in [6, 6.07) is 12.3. The van der Waals surface area contributed by atoms with Crippen LogP contribution in [-0.2, 0) is 17.8 Å². The van der Waals surface area contributed by atoms with Crippen molar-refractivity contribution < 1.29 is 18.7 Å². The Morgan fingerprint density at radius 1 is 1.14 bits per heavy atom. The van der Waals surface area contributed by atoms with E-state index in [1.165, 1.54) is 13.2 Å². The number of anilines is 1. The summed E-state index contributed by atoms with van der Waals surface area (Å²) in [5.41, 5.74) is 2.17. The molecule has 4 rings (SSSR count). The van der Waals surface area contributed by atoms with Crippen molar-refractivity contribution in [3.8, 4) is 5.75 Å². The van der Waals surface area contributed by atoms with Gasteiger partial charge in [-0.15, -0.1) is 0 Å². The van der Waals surface area contributed by atoms with Crippen molar-refractivity contribution in [3.05, 3.63) is 69.6 Å². The van der Waals surface area contributed by atoms with Crippen molar-refractivity contribution in [2.45, 2.75) is 19.9 Å². The van der Waals surface area contributed by atoms with Crippen LogP contribution in [0.25, 0.3) is 11.0 Å². The third kappa shape index (κ3) is 3.59. The fourth-order valence-electron chi connectivity index (χ4n) is 3.54. The number of carbonyl (C=O) groups is 2. The Kier molecular flexibility index (Phi) is 4.80. The molecule has 2 aromatic carbocycles. The number of hydrogen-bond acceptors (Lipinski definition) is 5. The number of nitrogens with zero attached hydrogens (tertiary/aromatic N) is 1. The largest absolute Gasteiger partial charge is 0.493 e. The Hall–Kier alpha value is -3.61. The molecule has 2 heterocycles. The summed E-state index contributed by atoms with van der Waals surface area (Å²) in [5, 5.41) is 3.35. The molecule has 148 valence electrons. The van der Waals surface area contributed by atoms with E-state index in [9.17, 15) is 14.4 Å². The van der Waals surface area contributed by atoms with Crippen molar-refractivity contribution in [2.24, 2.45) is 0 Å². The Bertz CT molecular complexity index is 1180. The molecule has 0 unspecified atom stereocenters. The Morgan fingerprint density at radius 2 is 1.97 bits per heavy atom. The van der Waals surface area contributed by atoms with Crippen LogP contribution in [0, 0.1) is 0 Å².